The lowest BCUT2D eigenvalue weighted by molar-refractivity contribution is -0.618. The van der Waals surface area contributed by atoms with Crippen molar-refractivity contribution in [2.45, 2.75) is 0 Å². The molecule has 1 heterocycles. The van der Waals surface area contributed by atoms with Crippen molar-refractivity contribution in [1.82, 2.24) is 4.98 Å². The Balaban J connectivity index is 2.55. The summed E-state index contributed by atoms with van der Waals surface area (Å²) < 4.78 is 7.52. The molecule has 3 nitrogen and oxygen atoms in total. The Morgan fingerprint density at radius 1 is 1.00 bits per heavy atom. The zero-order chi connectivity index (χ0) is 11.8. The number of aryl methyl sites for hydroxylation is 1. The molecule has 2 aromatic carbocycles. The average molecular weight is 225 g/mol. The van der Waals surface area contributed by atoms with Gasteiger partial charge in [-0.2, -0.15) is 4.57 Å². The van der Waals surface area contributed by atoms with Gasteiger partial charge in [0, 0.05) is 6.07 Å². The number of hydrogen-bond donors (Lipinski definition) is 0. The van der Waals surface area contributed by atoms with E-state index in [1.807, 2.05) is 43.4 Å². The van der Waals surface area contributed by atoms with Gasteiger partial charge in [0.25, 0.3) is 5.52 Å². The van der Waals surface area contributed by atoms with Gasteiger partial charge in [0.15, 0.2) is 5.75 Å². The SMILES string of the molecule is COc1cccc2nc3ccccc3[n+](C)c12. The molecule has 0 saturated carbocycles. The van der Waals surface area contributed by atoms with Crippen LogP contribution in [0.25, 0.3) is 22.1 Å². The lowest BCUT2D eigenvalue weighted by Gasteiger charge is -2.04. The zero-order valence-corrected chi connectivity index (χ0v) is 9.84. The van der Waals surface area contributed by atoms with Crippen LogP contribution in [0.4, 0.5) is 0 Å². The molecule has 0 fully saturated rings. The summed E-state index contributed by atoms with van der Waals surface area (Å²) in [6.45, 7) is 0. The molecule has 0 spiro atoms. The largest absolute Gasteiger partial charge is 0.490 e. The Hall–Kier alpha value is -2.16. The molecule has 0 radical (unpaired) electrons. The first-order valence-corrected chi connectivity index (χ1v) is 5.53. The first-order valence-electron chi connectivity index (χ1n) is 5.53. The molecule has 0 aliphatic heterocycles. The van der Waals surface area contributed by atoms with Gasteiger partial charge in [0.2, 0.25) is 5.52 Å². The molecule has 17 heavy (non-hydrogen) atoms. The molecule has 0 saturated heterocycles. The molecule has 0 unspecified atom stereocenters. The van der Waals surface area contributed by atoms with E-state index in [0.717, 1.165) is 27.8 Å². The van der Waals surface area contributed by atoms with Crippen molar-refractivity contribution in [3.8, 4) is 5.75 Å². The highest BCUT2D eigenvalue weighted by atomic mass is 16.5. The summed E-state index contributed by atoms with van der Waals surface area (Å²) in [5, 5.41) is 0. The third-order valence-corrected chi connectivity index (χ3v) is 3.02. The summed E-state index contributed by atoms with van der Waals surface area (Å²) in [5.41, 5.74) is 4.07. The molecule has 0 aliphatic rings. The number of hydrogen-bond acceptors (Lipinski definition) is 2. The zero-order valence-electron chi connectivity index (χ0n) is 9.84. The quantitative estimate of drug-likeness (QED) is 0.469. The number of aromatic nitrogens is 2. The van der Waals surface area contributed by atoms with Gasteiger partial charge in [-0.25, -0.2) is 4.98 Å². The number of methoxy groups -OCH3 is 1. The maximum Gasteiger partial charge on any atom is 0.273 e. The summed E-state index contributed by atoms with van der Waals surface area (Å²) in [5.74, 6) is 0.850. The van der Waals surface area contributed by atoms with E-state index in [2.05, 4.69) is 15.6 Å². The second-order valence-corrected chi connectivity index (χ2v) is 3.99. The third-order valence-electron chi connectivity index (χ3n) is 3.02. The smallest absolute Gasteiger partial charge is 0.273 e. The molecule has 0 bridgehead atoms. The Bertz CT molecular complexity index is 707. The van der Waals surface area contributed by atoms with Crippen LogP contribution in [-0.2, 0) is 7.05 Å². The van der Waals surface area contributed by atoms with Gasteiger partial charge in [-0.15, -0.1) is 0 Å². The Morgan fingerprint density at radius 3 is 2.59 bits per heavy atom. The van der Waals surface area contributed by atoms with E-state index in [-0.39, 0.29) is 0 Å². The summed E-state index contributed by atoms with van der Waals surface area (Å²) in [7, 11) is 3.72. The van der Waals surface area contributed by atoms with Crippen LogP contribution in [0, 0.1) is 0 Å². The van der Waals surface area contributed by atoms with E-state index in [4.69, 9.17) is 4.74 Å². The van der Waals surface area contributed by atoms with Crippen molar-refractivity contribution in [2.75, 3.05) is 7.11 Å². The van der Waals surface area contributed by atoms with Crippen LogP contribution in [0.1, 0.15) is 0 Å². The number of fused-ring (bicyclic) bond motifs is 2. The average Bonchev–Trinajstić information content (AvgIpc) is 2.38. The van der Waals surface area contributed by atoms with Gasteiger partial charge < -0.3 is 4.74 Å². The molecule has 1 aromatic heterocycles. The highest BCUT2D eigenvalue weighted by Crippen LogP contribution is 2.22. The number of para-hydroxylation sites is 3. The van der Waals surface area contributed by atoms with Gasteiger partial charge in [0.1, 0.15) is 18.1 Å². The minimum atomic E-state index is 0.850. The van der Waals surface area contributed by atoms with Crippen molar-refractivity contribution in [3.05, 3.63) is 42.5 Å². The van der Waals surface area contributed by atoms with Crippen molar-refractivity contribution >= 4 is 22.1 Å². The van der Waals surface area contributed by atoms with Crippen LogP contribution < -0.4 is 9.30 Å². The van der Waals surface area contributed by atoms with Crippen molar-refractivity contribution < 1.29 is 9.30 Å². The Kier molecular flexibility index (Phi) is 2.18. The van der Waals surface area contributed by atoms with Gasteiger partial charge in [-0.3, -0.25) is 0 Å². The minimum Gasteiger partial charge on any atom is -0.490 e. The predicted molar refractivity (Wildman–Crippen MR) is 67.0 cm³/mol. The van der Waals surface area contributed by atoms with Crippen molar-refractivity contribution in [1.29, 1.82) is 0 Å². The van der Waals surface area contributed by atoms with Crippen molar-refractivity contribution in [2.24, 2.45) is 7.05 Å². The molecule has 0 amide bonds. The van der Waals surface area contributed by atoms with Gasteiger partial charge in [-0.05, 0) is 18.2 Å². The molecule has 0 N–H and O–H groups in total. The van der Waals surface area contributed by atoms with E-state index in [0.29, 0.717) is 0 Å². The maximum atomic E-state index is 5.40. The number of rotatable bonds is 1. The summed E-state index contributed by atoms with van der Waals surface area (Å²) in [6, 6.07) is 14.0. The lowest BCUT2D eigenvalue weighted by Crippen LogP contribution is -2.31. The van der Waals surface area contributed by atoms with Gasteiger partial charge >= 0.3 is 0 Å². The van der Waals surface area contributed by atoms with E-state index < -0.39 is 0 Å². The monoisotopic (exact) mass is 225 g/mol. The molecular formula is C14H13N2O+. The van der Waals surface area contributed by atoms with Crippen LogP contribution in [0.5, 0.6) is 5.75 Å². The highest BCUT2D eigenvalue weighted by Gasteiger charge is 2.16. The standard InChI is InChI=1S/C14H13N2O/c1-16-12-8-4-3-6-10(12)15-11-7-5-9-13(17-2)14(11)16/h3-9H,1-2H3/q+1. The topological polar surface area (TPSA) is 26.0 Å². The van der Waals surface area contributed by atoms with Crippen LogP contribution >= 0.6 is 0 Å². The van der Waals surface area contributed by atoms with Gasteiger partial charge in [-0.1, -0.05) is 18.2 Å². The number of ether oxygens (including phenoxy) is 1. The second kappa shape index (κ2) is 3.70. The summed E-state index contributed by atoms with van der Waals surface area (Å²) >= 11 is 0. The van der Waals surface area contributed by atoms with Crippen LogP contribution in [0.3, 0.4) is 0 Å². The fourth-order valence-electron chi connectivity index (χ4n) is 2.20. The van der Waals surface area contributed by atoms with E-state index in [1.54, 1.807) is 7.11 Å². The molecule has 3 aromatic rings. The van der Waals surface area contributed by atoms with Crippen molar-refractivity contribution in [3.63, 3.8) is 0 Å². The second-order valence-electron chi connectivity index (χ2n) is 3.99. The molecule has 0 aliphatic carbocycles. The molecule has 3 rings (SSSR count). The Morgan fingerprint density at radius 2 is 1.76 bits per heavy atom. The molecule has 84 valence electrons. The normalized spacial score (nSPS) is 10.9. The Labute approximate surface area is 99.3 Å². The predicted octanol–water partition coefficient (Wildman–Crippen LogP) is 2.22. The summed E-state index contributed by atoms with van der Waals surface area (Å²) in [6.07, 6.45) is 0. The molecule has 3 heteroatoms. The van der Waals surface area contributed by atoms with E-state index in [1.165, 1.54) is 0 Å². The summed E-state index contributed by atoms with van der Waals surface area (Å²) in [4.78, 5) is 4.65. The highest BCUT2D eigenvalue weighted by molar-refractivity contribution is 5.84. The molecule has 0 atom stereocenters. The van der Waals surface area contributed by atoms with Gasteiger partial charge in [0.05, 0.1) is 7.11 Å². The van der Waals surface area contributed by atoms with Crippen LogP contribution in [-0.4, -0.2) is 12.1 Å². The lowest BCUT2D eigenvalue weighted by atomic mass is 10.2. The maximum absolute atomic E-state index is 5.40. The van der Waals surface area contributed by atoms with E-state index in [9.17, 15) is 0 Å². The fourth-order valence-corrected chi connectivity index (χ4v) is 2.20. The van der Waals surface area contributed by atoms with E-state index >= 15 is 0 Å². The number of nitrogens with zero attached hydrogens (tertiary/aromatic N) is 2. The number of benzene rings is 2. The fraction of sp³-hybridized carbons (Fsp3) is 0.143. The first kappa shape index (κ1) is 10.0. The van der Waals surface area contributed by atoms with Crippen LogP contribution in [0.2, 0.25) is 0 Å². The van der Waals surface area contributed by atoms with Crippen LogP contribution in [0.15, 0.2) is 42.5 Å². The third kappa shape index (κ3) is 1.43. The molecular weight excluding hydrogens is 212 g/mol. The first-order chi connectivity index (χ1) is 8.31. The minimum absolute atomic E-state index is 0.850.